The average molecular weight is 254 g/mol. The third-order valence-corrected chi connectivity index (χ3v) is 2.85. The van der Waals surface area contributed by atoms with Crippen molar-refractivity contribution in [2.75, 3.05) is 6.54 Å². The van der Waals surface area contributed by atoms with E-state index in [9.17, 15) is 9.59 Å². The lowest BCUT2D eigenvalue weighted by atomic mass is 10.1. The second-order valence-electron chi connectivity index (χ2n) is 4.29. The zero-order valence-corrected chi connectivity index (χ0v) is 11.4. The fraction of sp³-hybridized carbons (Fsp3) is 0.692. The summed E-state index contributed by atoms with van der Waals surface area (Å²) in [6.45, 7) is 6.56. The van der Waals surface area contributed by atoms with Crippen LogP contribution >= 0.6 is 0 Å². The maximum Gasteiger partial charge on any atom is 0.361 e. The number of nitrogens with one attached hydrogen (secondary N) is 1. The SMILES string of the molecule is CCCCNC(=O)n1oc(=O)c(CC)c1CCC. The van der Waals surface area contributed by atoms with Crippen LogP contribution in [0.4, 0.5) is 4.79 Å². The van der Waals surface area contributed by atoms with Gasteiger partial charge in [0, 0.05) is 6.54 Å². The summed E-state index contributed by atoms with van der Waals surface area (Å²) in [5, 5.41) is 2.75. The van der Waals surface area contributed by atoms with Crippen LogP contribution in [0.5, 0.6) is 0 Å². The first-order valence-electron chi connectivity index (χ1n) is 6.67. The van der Waals surface area contributed by atoms with Crippen LogP contribution in [0.25, 0.3) is 0 Å². The summed E-state index contributed by atoms with van der Waals surface area (Å²) in [7, 11) is 0. The molecular formula is C13H22N2O3. The molecule has 0 spiro atoms. The second-order valence-corrected chi connectivity index (χ2v) is 4.29. The van der Waals surface area contributed by atoms with Crippen molar-refractivity contribution in [3.05, 3.63) is 21.7 Å². The lowest BCUT2D eigenvalue weighted by Gasteiger charge is -2.07. The highest BCUT2D eigenvalue weighted by molar-refractivity contribution is 5.76. The highest BCUT2D eigenvalue weighted by Gasteiger charge is 2.19. The fourth-order valence-electron chi connectivity index (χ4n) is 1.88. The van der Waals surface area contributed by atoms with Crippen molar-refractivity contribution in [1.29, 1.82) is 0 Å². The van der Waals surface area contributed by atoms with Gasteiger partial charge in [0.1, 0.15) is 0 Å². The standard InChI is InChI=1S/C13H22N2O3/c1-4-7-9-14-13(17)15-11(8-5-2)10(6-3)12(16)18-15/h4-9H2,1-3H3,(H,14,17). The monoisotopic (exact) mass is 254 g/mol. The van der Waals surface area contributed by atoms with Crippen LogP contribution in [0.1, 0.15) is 51.3 Å². The third-order valence-electron chi connectivity index (χ3n) is 2.85. The molecule has 0 aliphatic heterocycles. The molecule has 1 heterocycles. The van der Waals surface area contributed by atoms with E-state index in [1.807, 2.05) is 13.8 Å². The van der Waals surface area contributed by atoms with Crippen molar-refractivity contribution in [3.63, 3.8) is 0 Å². The Hall–Kier alpha value is -1.52. The van der Waals surface area contributed by atoms with Crippen molar-refractivity contribution in [3.8, 4) is 0 Å². The third kappa shape index (κ3) is 3.24. The summed E-state index contributed by atoms with van der Waals surface area (Å²) < 4.78 is 6.16. The van der Waals surface area contributed by atoms with Crippen LogP contribution in [-0.2, 0) is 12.8 Å². The molecule has 1 N–H and O–H groups in total. The van der Waals surface area contributed by atoms with E-state index >= 15 is 0 Å². The Balaban J connectivity index is 2.93. The number of hydrogen-bond donors (Lipinski definition) is 1. The number of rotatable bonds is 6. The number of aromatic nitrogens is 1. The summed E-state index contributed by atoms with van der Waals surface area (Å²) in [5.41, 5.74) is 0.924. The Labute approximate surface area is 107 Å². The summed E-state index contributed by atoms with van der Waals surface area (Å²) in [6, 6.07) is -0.344. The fourth-order valence-corrected chi connectivity index (χ4v) is 1.88. The molecule has 1 aromatic heterocycles. The van der Waals surface area contributed by atoms with E-state index in [4.69, 9.17) is 4.52 Å². The first-order valence-corrected chi connectivity index (χ1v) is 6.67. The molecule has 18 heavy (non-hydrogen) atoms. The van der Waals surface area contributed by atoms with Crippen molar-refractivity contribution >= 4 is 6.03 Å². The molecule has 0 aliphatic carbocycles. The molecule has 1 aromatic rings. The van der Waals surface area contributed by atoms with Crippen LogP contribution < -0.4 is 10.9 Å². The van der Waals surface area contributed by atoms with Gasteiger partial charge < -0.3 is 9.84 Å². The van der Waals surface area contributed by atoms with Gasteiger partial charge >= 0.3 is 11.7 Å². The lowest BCUT2D eigenvalue weighted by molar-refractivity contribution is 0.204. The second kappa shape index (κ2) is 7.03. The molecule has 0 bridgehead atoms. The Morgan fingerprint density at radius 3 is 2.56 bits per heavy atom. The van der Waals surface area contributed by atoms with Crippen molar-refractivity contribution in [1.82, 2.24) is 10.1 Å². The molecule has 0 aliphatic rings. The van der Waals surface area contributed by atoms with Crippen LogP contribution in [0.15, 0.2) is 9.32 Å². The normalized spacial score (nSPS) is 10.6. The van der Waals surface area contributed by atoms with E-state index in [0.29, 0.717) is 30.6 Å². The maximum atomic E-state index is 11.9. The van der Waals surface area contributed by atoms with Gasteiger partial charge in [0.2, 0.25) is 0 Å². The molecule has 1 amide bonds. The molecule has 0 atom stereocenters. The zero-order chi connectivity index (χ0) is 13.5. The Morgan fingerprint density at radius 2 is 2.00 bits per heavy atom. The first-order chi connectivity index (χ1) is 8.65. The average Bonchev–Trinajstić information content (AvgIpc) is 2.66. The molecule has 5 nitrogen and oxygen atoms in total. The van der Waals surface area contributed by atoms with Crippen LogP contribution in [0, 0.1) is 0 Å². The molecule has 0 fully saturated rings. The molecule has 0 saturated heterocycles. The quantitative estimate of drug-likeness (QED) is 0.792. The van der Waals surface area contributed by atoms with E-state index in [0.717, 1.165) is 24.0 Å². The number of carbonyl (C=O) groups is 1. The molecule has 102 valence electrons. The number of carbonyl (C=O) groups excluding carboxylic acids is 1. The van der Waals surface area contributed by atoms with Gasteiger partial charge in [-0.25, -0.2) is 9.59 Å². The summed E-state index contributed by atoms with van der Waals surface area (Å²) in [5.74, 6) is 0. The number of nitrogens with zero attached hydrogens (tertiary/aromatic N) is 1. The minimum Gasteiger partial charge on any atom is -0.335 e. The van der Waals surface area contributed by atoms with Gasteiger partial charge in [-0.1, -0.05) is 33.6 Å². The summed E-state index contributed by atoms with van der Waals surface area (Å²) in [4.78, 5) is 23.5. The number of unbranched alkanes of at least 4 members (excludes halogenated alkanes) is 1. The van der Waals surface area contributed by atoms with E-state index < -0.39 is 5.63 Å². The molecule has 0 aromatic carbocycles. The van der Waals surface area contributed by atoms with Gasteiger partial charge in [-0.3, -0.25) is 0 Å². The number of hydrogen-bond acceptors (Lipinski definition) is 3. The highest BCUT2D eigenvalue weighted by Crippen LogP contribution is 2.09. The smallest absolute Gasteiger partial charge is 0.335 e. The first kappa shape index (κ1) is 14.5. The highest BCUT2D eigenvalue weighted by atomic mass is 16.5. The van der Waals surface area contributed by atoms with Crippen LogP contribution in [-0.4, -0.2) is 17.3 Å². The maximum absolute atomic E-state index is 11.9. The van der Waals surface area contributed by atoms with Gasteiger partial charge in [-0.2, -0.15) is 0 Å². The molecule has 5 heteroatoms. The van der Waals surface area contributed by atoms with Gasteiger partial charge in [0.15, 0.2) is 0 Å². The van der Waals surface area contributed by atoms with Crippen LogP contribution in [0.3, 0.4) is 0 Å². The minimum absolute atomic E-state index is 0.344. The molecule has 0 unspecified atom stereocenters. The van der Waals surface area contributed by atoms with Crippen molar-refractivity contribution in [2.45, 2.75) is 52.9 Å². The Kier molecular flexibility index (Phi) is 5.68. The zero-order valence-electron chi connectivity index (χ0n) is 11.4. The van der Waals surface area contributed by atoms with Crippen LogP contribution in [0.2, 0.25) is 0 Å². The van der Waals surface area contributed by atoms with E-state index in [-0.39, 0.29) is 6.03 Å². The van der Waals surface area contributed by atoms with Crippen molar-refractivity contribution in [2.24, 2.45) is 0 Å². The van der Waals surface area contributed by atoms with Gasteiger partial charge in [0.05, 0.1) is 11.3 Å². The van der Waals surface area contributed by atoms with E-state index in [2.05, 4.69) is 12.2 Å². The molecule has 1 rings (SSSR count). The Morgan fingerprint density at radius 1 is 1.28 bits per heavy atom. The molecular weight excluding hydrogens is 232 g/mol. The summed E-state index contributed by atoms with van der Waals surface area (Å²) in [6.07, 6.45) is 4.07. The lowest BCUT2D eigenvalue weighted by Crippen LogP contribution is -2.30. The Bertz CT molecular complexity index is 446. The van der Waals surface area contributed by atoms with Gasteiger partial charge in [-0.15, -0.1) is 4.74 Å². The van der Waals surface area contributed by atoms with E-state index in [1.54, 1.807) is 0 Å². The topological polar surface area (TPSA) is 64.2 Å². The van der Waals surface area contributed by atoms with Gasteiger partial charge in [-0.05, 0) is 19.3 Å². The number of amides is 1. The molecule has 0 saturated carbocycles. The van der Waals surface area contributed by atoms with Crippen molar-refractivity contribution < 1.29 is 9.32 Å². The predicted molar refractivity (Wildman–Crippen MR) is 70.0 cm³/mol. The largest absolute Gasteiger partial charge is 0.361 e. The van der Waals surface area contributed by atoms with E-state index in [1.165, 1.54) is 0 Å². The molecule has 0 radical (unpaired) electrons. The van der Waals surface area contributed by atoms with Gasteiger partial charge in [0.25, 0.3) is 0 Å². The minimum atomic E-state index is -0.397. The predicted octanol–water partition coefficient (Wildman–Crippen LogP) is 2.31. The summed E-state index contributed by atoms with van der Waals surface area (Å²) >= 11 is 0.